The van der Waals surface area contributed by atoms with Gasteiger partial charge >= 0.3 is 24.5 Å². The van der Waals surface area contributed by atoms with E-state index in [4.69, 9.17) is 4.74 Å². The third kappa shape index (κ3) is 8.06. The fourth-order valence-electron chi connectivity index (χ4n) is 2.19. The van der Waals surface area contributed by atoms with E-state index in [1.165, 1.54) is 31.4 Å². The third-order valence-electron chi connectivity index (χ3n) is 3.34. The first-order valence-corrected chi connectivity index (χ1v) is 7.84. The van der Waals surface area contributed by atoms with E-state index in [9.17, 15) is 13.4 Å². The van der Waals surface area contributed by atoms with E-state index in [1.54, 1.807) is 6.08 Å². The zero-order valence-electron chi connectivity index (χ0n) is 14.5. The van der Waals surface area contributed by atoms with Crippen molar-refractivity contribution < 1.29 is 39.9 Å². The standard InChI is InChI=1S/C15H12BF2O3.C5H5.Fe/c1-20-13-7-4-8-14(21-16(17)18)15(13)12(19)10-9-11-5-2-3-6-11;1-2-4-5-3-1;/h2-10H,1H3;1-5H;/q;;+2/b10-9+;;. The smallest absolute Gasteiger partial charge is 0.504 e. The molecule has 0 unspecified atom stereocenters. The van der Waals surface area contributed by atoms with E-state index in [2.05, 4.69) is 4.65 Å². The summed E-state index contributed by atoms with van der Waals surface area (Å²) in [4.78, 5) is 12.2. The van der Waals surface area contributed by atoms with Crippen molar-refractivity contribution in [2.75, 3.05) is 7.11 Å². The minimum Gasteiger partial charge on any atom is -0.504 e. The average molecular weight is 410 g/mol. The van der Waals surface area contributed by atoms with Gasteiger partial charge in [0.2, 0.25) is 0 Å². The largest absolute Gasteiger partial charge is 2.00 e. The van der Waals surface area contributed by atoms with Gasteiger partial charge in [0, 0.05) is 5.92 Å². The second kappa shape index (κ2) is 13.0. The van der Waals surface area contributed by atoms with Gasteiger partial charge in [-0.2, -0.15) is 0 Å². The molecule has 1 aromatic rings. The molecular formula is C20H17BF2FeO3+2. The van der Waals surface area contributed by atoms with Crippen molar-refractivity contribution in [3.8, 4) is 11.5 Å². The van der Waals surface area contributed by atoms with Gasteiger partial charge in [0.05, 0.1) is 7.11 Å². The number of ketones is 1. The fraction of sp³-hybridized carbons (Fsp3) is 0.0500. The van der Waals surface area contributed by atoms with Gasteiger partial charge in [-0.25, -0.2) is 8.63 Å². The van der Waals surface area contributed by atoms with Crippen molar-refractivity contribution in [2.45, 2.75) is 0 Å². The Bertz CT molecular complexity index is 593. The van der Waals surface area contributed by atoms with E-state index >= 15 is 0 Å². The molecule has 2 fully saturated rings. The molecule has 7 heteroatoms. The summed E-state index contributed by atoms with van der Waals surface area (Å²) in [6.45, 7) is 0. The molecule has 0 bridgehead atoms. The van der Waals surface area contributed by atoms with Crippen molar-refractivity contribution in [1.82, 2.24) is 0 Å². The fourth-order valence-corrected chi connectivity index (χ4v) is 2.19. The van der Waals surface area contributed by atoms with Gasteiger partial charge in [0.15, 0.2) is 5.78 Å². The molecule has 0 aliphatic heterocycles. The number of rotatable bonds is 6. The van der Waals surface area contributed by atoms with Crippen molar-refractivity contribution in [3.05, 3.63) is 99.6 Å². The van der Waals surface area contributed by atoms with E-state index < -0.39 is 13.3 Å². The number of halogens is 2. The normalized spacial score (nSPS) is 16.4. The van der Waals surface area contributed by atoms with Gasteiger partial charge in [0.25, 0.3) is 0 Å². The molecule has 2 saturated carbocycles. The monoisotopic (exact) mass is 410 g/mol. The molecule has 0 saturated heterocycles. The number of methoxy groups -OCH3 is 1. The average Bonchev–Trinajstić information content (AvgIpc) is 3.35. The number of benzene rings is 1. The maximum absolute atomic E-state index is 12.4. The molecule has 3 nitrogen and oxygen atoms in total. The van der Waals surface area contributed by atoms with Crippen LogP contribution in [0.3, 0.4) is 0 Å². The summed E-state index contributed by atoms with van der Waals surface area (Å²) in [5.41, 5.74) is -0.0249. The van der Waals surface area contributed by atoms with Crippen LogP contribution in [-0.4, -0.2) is 20.4 Å². The molecule has 0 heterocycles. The Kier molecular flexibility index (Phi) is 11.4. The van der Waals surface area contributed by atoms with Crippen LogP contribution >= 0.6 is 0 Å². The summed E-state index contributed by atoms with van der Waals surface area (Å²) in [7, 11) is -1.65. The molecule has 0 amide bonds. The number of carbonyl (C=O) groups is 1. The summed E-state index contributed by atoms with van der Waals surface area (Å²) >= 11 is 0. The minimum atomic E-state index is -3.01. The maximum atomic E-state index is 12.4. The van der Waals surface area contributed by atoms with Crippen LogP contribution in [0.4, 0.5) is 8.63 Å². The molecule has 0 spiro atoms. The van der Waals surface area contributed by atoms with Crippen LogP contribution in [0, 0.1) is 63.7 Å². The van der Waals surface area contributed by atoms with Gasteiger partial charge in [-0.15, -0.1) is 0 Å². The Hall–Kier alpha value is -1.33. The van der Waals surface area contributed by atoms with Crippen LogP contribution in [0.2, 0.25) is 0 Å². The zero-order chi connectivity index (χ0) is 18.8. The van der Waals surface area contributed by atoms with Crippen LogP contribution in [0.25, 0.3) is 0 Å². The molecule has 1 aromatic carbocycles. The molecule has 27 heavy (non-hydrogen) atoms. The number of hydrogen-bond acceptors (Lipinski definition) is 3. The Labute approximate surface area is 171 Å². The topological polar surface area (TPSA) is 35.5 Å². The molecule has 138 valence electrons. The van der Waals surface area contributed by atoms with Crippen molar-refractivity contribution in [1.29, 1.82) is 0 Å². The molecule has 0 aromatic heterocycles. The van der Waals surface area contributed by atoms with Crippen molar-refractivity contribution in [2.24, 2.45) is 0 Å². The summed E-state index contributed by atoms with van der Waals surface area (Å²) < 4.78 is 34.3. The Morgan fingerprint density at radius 2 is 1.52 bits per heavy atom. The Balaban J connectivity index is 0.000000526. The number of carbonyl (C=O) groups excluding carboxylic acids is 1. The number of hydrogen-bond donors (Lipinski definition) is 0. The first kappa shape index (κ1) is 23.7. The number of allylic oxidation sites excluding steroid dienone is 2. The molecule has 3 rings (SSSR count). The predicted octanol–water partition coefficient (Wildman–Crippen LogP) is 4.16. The quantitative estimate of drug-likeness (QED) is 0.402. The van der Waals surface area contributed by atoms with E-state index in [0.29, 0.717) is 0 Å². The first-order chi connectivity index (χ1) is 12.6. The van der Waals surface area contributed by atoms with E-state index in [-0.39, 0.29) is 34.1 Å². The second-order valence-corrected chi connectivity index (χ2v) is 5.09. The molecule has 0 atom stereocenters. The Morgan fingerprint density at radius 1 is 0.963 bits per heavy atom. The van der Waals surface area contributed by atoms with Crippen LogP contribution in [-0.2, 0) is 17.1 Å². The summed E-state index contributed by atoms with van der Waals surface area (Å²) in [5.74, 6) is 0.352. The first-order valence-electron chi connectivity index (χ1n) is 7.84. The van der Waals surface area contributed by atoms with Crippen LogP contribution in [0.1, 0.15) is 10.4 Å². The minimum absolute atomic E-state index is 0. The molecular weight excluding hydrogens is 393 g/mol. The van der Waals surface area contributed by atoms with Crippen LogP contribution in [0.5, 0.6) is 11.5 Å². The van der Waals surface area contributed by atoms with Gasteiger partial charge in [0.1, 0.15) is 17.1 Å². The predicted molar refractivity (Wildman–Crippen MR) is 97.0 cm³/mol. The SMILES string of the molecule is COc1cccc(OB(F)F)c1C(=O)/C=C/[C]1[CH][CH][CH][CH]1.[CH]1[CH][CH][CH][CH]1.[Fe+2]. The maximum Gasteiger partial charge on any atom is 2.00 e. The summed E-state index contributed by atoms with van der Waals surface area (Å²) in [6, 6.07) is 4.30. The summed E-state index contributed by atoms with van der Waals surface area (Å²) in [6.07, 6.45) is 20.2. The summed E-state index contributed by atoms with van der Waals surface area (Å²) in [5, 5.41) is 0. The van der Waals surface area contributed by atoms with Gasteiger partial charge in [-0.3, -0.25) is 4.79 Å². The van der Waals surface area contributed by atoms with Crippen molar-refractivity contribution in [3.63, 3.8) is 0 Å². The third-order valence-corrected chi connectivity index (χ3v) is 3.34. The Morgan fingerprint density at radius 3 is 2.04 bits per heavy atom. The van der Waals surface area contributed by atoms with E-state index in [1.807, 2.05) is 57.8 Å². The second-order valence-electron chi connectivity index (χ2n) is 5.09. The van der Waals surface area contributed by atoms with Crippen LogP contribution < -0.4 is 9.39 Å². The van der Waals surface area contributed by atoms with Crippen molar-refractivity contribution >= 4 is 13.3 Å². The molecule has 0 N–H and O–H groups in total. The van der Waals surface area contributed by atoms with Gasteiger partial charge in [-0.05, 0) is 76.0 Å². The molecule has 2 aliphatic carbocycles. The zero-order valence-corrected chi connectivity index (χ0v) is 15.6. The van der Waals surface area contributed by atoms with Gasteiger partial charge < -0.3 is 9.39 Å². The van der Waals surface area contributed by atoms with Gasteiger partial charge in [-0.1, -0.05) is 12.1 Å². The molecule has 2 aliphatic rings. The number of ether oxygens (including phenoxy) is 1. The molecule has 10 radical (unpaired) electrons. The van der Waals surface area contributed by atoms with Crippen LogP contribution in [0.15, 0.2) is 30.4 Å². The van der Waals surface area contributed by atoms with E-state index in [0.717, 1.165) is 5.92 Å².